The standard InChI is InChI=1S/C15H20N4O/c1-3-9-17-14-10-16-11-15(19-14)18-12-7-5-6-8-13(12)20-4-2/h5-8,10-11H,3-4,9H2,1-2H3,(H2,17,18,19). The van der Waals surface area contributed by atoms with E-state index >= 15 is 0 Å². The van der Waals surface area contributed by atoms with Crippen molar-refractivity contribution in [2.75, 3.05) is 23.8 Å². The van der Waals surface area contributed by atoms with Crippen LogP contribution in [0.25, 0.3) is 0 Å². The largest absolute Gasteiger partial charge is 0.492 e. The molecule has 0 amide bonds. The lowest BCUT2D eigenvalue weighted by Gasteiger charge is -2.12. The average Bonchev–Trinajstić information content (AvgIpc) is 2.48. The predicted molar refractivity (Wildman–Crippen MR) is 81.7 cm³/mol. The van der Waals surface area contributed by atoms with Gasteiger partial charge in [0.05, 0.1) is 24.7 Å². The molecular weight excluding hydrogens is 252 g/mol. The Balaban J connectivity index is 2.13. The van der Waals surface area contributed by atoms with Crippen LogP contribution >= 0.6 is 0 Å². The van der Waals surface area contributed by atoms with E-state index in [2.05, 4.69) is 27.5 Å². The normalized spacial score (nSPS) is 10.1. The number of rotatable bonds is 7. The Morgan fingerprint density at radius 3 is 2.70 bits per heavy atom. The zero-order chi connectivity index (χ0) is 14.2. The van der Waals surface area contributed by atoms with Crippen molar-refractivity contribution in [2.24, 2.45) is 0 Å². The Labute approximate surface area is 119 Å². The summed E-state index contributed by atoms with van der Waals surface area (Å²) >= 11 is 0. The smallest absolute Gasteiger partial charge is 0.151 e. The van der Waals surface area contributed by atoms with Gasteiger partial charge in [0.25, 0.3) is 0 Å². The first-order valence-corrected chi connectivity index (χ1v) is 6.88. The van der Waals surface area contributed by atoms with E-state index in [1.807, 2.05) is 31.2 Å². The van der Waals surface area contributed by atoms with Crippen LogP contribution in [-0.4, -0.2) is 23.1 Å². The fourth-order valence-electron chi connectivity index (χ4n) is 1.75. The highest BCUT2D eigenvalue weighted by molar-refractivity contribution is 5.64. The van der Waals surface area contributed by atoms with Gasteiger partial charge < -0.3 is 15.4 Å². The van der Waals surface area contributed by atoms with Gasteiger partial charge in [-0.2, -0.15) is 0 Å². The molecule has 2 aromatic rings. The number of hydrogen-bond donors (Lipinski definition) is 2. The van der Waals surface area contributed by atoms with Crippen molar-refractivity contribution in [1.29, 1.82) is 0 Å². The zero-order valence-electron chi connectivity index (χ0n) is 11.9. The third-order valence-electron chi connectivity index (χ3n) is 2.64. The topological polar surface area (TPSA) is 59.1 Å². The van der Waals surface area contributed by atoms with E-state index in [0.29, 0.717) is 12.4 Å². The van der Waals surface area contributed by atoms with Gasteiger partial charge >= 0.3 is 0 Å². The highest BCUT2D eigenvalue weighted by atomic mass is 16.5. The Morgan fingerprint density at radius 1 is 1.10 bits per heavy atom. The van der Waals surface area contributed by atoms with Gasteiger partial charge in [0.1, 0.15) is 11.6 Å². The van der Waals surface area contributed by atoms with E-state index in [1.165, 1.54) is 0 Å². The first-order valence-electron chi connectivity index (χ1n) is 6.88. The minimum atomic E-state index is 0.627. The van der Waals surface area contributed by atoms with Crippen molar-refractivity contribution in [2.45, 2.75) is 20.3 Å². The summed E-state index contributed by atoms with van der Waals surface area (Å²) in [7, 11) is 0. The maximum absolute atomic E-state index is 5.58. The molecule has 0 aliphatic rings. The van der Waals surface area contributed by atoms with Crippen LogP contribution in [0.2, 0.25) is 0 Å². The minimum absolute atomic E-state index is 0.627. The maximum atomic E-state index is 5.58. The molecule has 1 aromatic heterocycles. The Morgan fingerprint density at radius 2 is 1.90 bits per heavy atom. The van der Waals surface area contributed by atoms with Crippen LogP contribution in [0.4, 0.5) is 17.3 Å². The van der Waals surface area contributed by atoms with Crippen molar-refractivity contribution in [1.82, 2.24) is 9.97 Å². The zero-order valence-corrected chi connectivity index (χ0v) is 11.9. The lowest BCUT2D eigenvalue weighted by atomic mass is 10.3. The van der Waals surface area contributed by atoms with Crippen LogP contribution < -0.4 is 15.4 Å². The summed E-state index contributed by atoms with van der Waals surface area (Å²) in [6.07, 6.45) is 4.46. The van der Waals surface area contributed by atoms with E-state index in [-0.39, 0.29) is 0 Å². The van der Waals surface area contributed by atoms with Gasteiger partial charge in [0.15, 0.2) is 5.82 Å². The van der Waals surface area contributed by atoms with Gasteiger partial charge in [-0.05, 0) is 25.5 Å². The van der Waals surface area contributed by atoms with Crippen LogP contribution in [0.1, 0.15) is 20.3 Å². The summed E-state index contributed by atoms with van der Waals surface area (Å²) in [5.41, 5.74) is 0.885. The van der Waals surface area contributed by atoms with Crippen LogP contribution in [0.3, 0.4) is 0 Å². The Kier molecular flexibility index (Phi) is 5.17. The number of nitrogens with zero attached hydrogens (tertiary/aromatic N) is 2. The van der Waals surface area contributed by atoms with Crippen molar-refractivity contribution in [3.8, 4) is 5.75 Å². The SMILES string of the molecule is CCCNc1cncc(Nc2ccccc2OCC)n1. The molecule has 0 fully saturated rings. The molecule has 106 valence electrons. The van der Waals surface area contributed by atoms with Gasteiger partial charge in [-0.25, -0.2) is 4.98 Å². The molecule has 20 heavy (non-hydrogen) atoms. The first kappa shape index (κ1) is 14.1. The lowest BCUT2D eigenvalue weighted by Crippen LogP contribution is -2.04. The third kappa shape index (κ3) is 3.85. The fraction of sp³-hybridized carbons (Fsp3) is 0.333. The molecule has 2 N–H and O–H groups in total. The number of para-hydroxylation sites is 2. The van der Waals surface area contributed by atoms with Crippen LogP contribution in [0.15, 0.2) is 36.7 Å². The molecular formula is C15H20N4O. The van der Waals surface area contributed by atoms with Gasteiger partial charge in [-0.15, -0.1) is 0 Å². The number of nitrogens with one attached hydrogen (secondary N) is 2. The number of hydrogen-bond acceptors (Lipinski definition) is 5. The molecule has 0 aliphatic carbocycles. The third-order valence-corrected chi connectivity index (χ3v) is 2.64. The summed E-state index contributed by atoms with van der Waals surface area (Å²) < 4.78 is 5.58. The van der Waals surface area contributed by atoms with Crippen molar-refractivity contribution in [3.05, 3.63) is 36.7 Å². The molecule has 0 saturated heterocycles. The monoisotopic (exact) mass is 272 g/mol. The number of anilines is 3. The van der Waals surface area contributed by atoms with E-state index in [9.17, 15) is 0 Å². The number of aromatic nitrogens is 2. The Bertz CT molecular complexity index is 545. The maximum Gasteiger partial charge on any atom is 0.151 e. The second-order valence-corrected chi connectivity index (χ2v) is 4.27. The average molecular weight is 272 g/mol. The molecule has 0 saturated carbocycles. The molecule has 0 atom stereocenters. The second kappa shape index (κ2) is 7.33. The van der Waals surface area contributed by atoms with Gasteiger partial charge in [-0.3, -0.25) is 4.98 Å². The van der Waals surface area contributed by atoms with Gasteiger partial charge in [0, 0.05) is 6.54 Å². The molecule has 5 heteroatoms. The molecule has 1 heterocycles. The van der Waals surface area contributed by atoms with E-state index in [1.54, 1.807) is 12.4 Å². The molecule has 0 bridgehead atoms. The van der Waals surface area contributed by atoms with E-state index < -0.39 is 0 Å². The second-order valence-electron chi connectivity index (χ2n) is 4.27. The highest BCUT2D eigenvalue weighted by Gasteiger charge is 2.04. The summed E-state index contributed by atoms with van der Waals surface area (Å²) in [6, 6.07) is 7.79. The summed E-state index contributed by atoms with van der Waals surface area (Å²) in [4.78, 5) is 8.65. The van der Waals surface area contributed by atoms with Crippen molar-refractivity contribution < 1.29 is 4.74 Å². The fourth-order valence-corrected chi connectivity index (χ4v) is 1.75. The van der Waals surface area contributed by atoms with Gasteiger partial charge in [0.2, 0.25) is 0 Å². The molecule has 0 spiro atoms. The molecule has 5 nitrogen and oxygen atoms in total. The molecule has 0 unspecified atom stereocenters. The van der Waals surface area contributed by atoms with Crippen molar-refractivity contribution >= 4 is 17.3 Å². The highest BCUT2D eigenvalue weighted by Crippen LogP contribution is 2.26. The quantitative estimate of drug-likeness (QED) is 0.808. The summed E-state index contributed by atoms with van der Waals surface area (Å²) in [6.45, 7) is 5.59. The number of ether oxygens (including phenoxy) is 1. The summed E-state index contributed by atoms with van der Waals surface area (Å²) in [5, 5.41) is 6.45. The first-order chi connectivity index (χ1) is 9.83. The number of benzene rings is 1. The summed E-state index contributed by atoms with van der Waals surface area (Å²) in [5.74, 6) is 2.27. The van der Waals surface area contributed by atoms with Gasteiger partial charge in [-0.1, -0.05) is 19.1 Å². The molecule has 1 aromatic carbocycles. The Hall–Kier alpha value is -2.30. The van der Waals surface area contributed by atoms with Crippen LogP contribution in [-0.2, 0) is 0 Å². The predicted octanol–water partition coefficient (Wildman–Crippen LogP) is 3.44. The molecule has 2 rings (SSSR count). The van der Waals surface area contributed by atoms with Crippen LogP contribution in [0.5, 0.6) is 5.75 Å². The van der Waals surface area contributed by atoms with Crippen LogP contribution in [0, 0.1) is 0 Å². The molecule has 0 radical (unpaired) electrons. The lowest BCUT2D eigenvalue weighted by molar-refractivity contribution is 0.342. The van der Waals surface area contributed by atoms with E-state index in [0.717, 1.165) is 30.2 Å². The minimum Gasteiger partial charge on any atom is -0.492 e. The van der Waals surface area contributed by atoms with Crippen molar-refractivity contribution in [3.63, 3.8) is 0 Å². The van der Waals surface area contributed by atoms with E-state index in [4.69, 9.17) is 4.74 Å². The molecule has 0 aliphatic heterocycles.